The van der Waals surface area contributed by atoms with Gasteiger partial charge in [-0.2, -0.15) is 4.98 Å². The zero-order valence-electron chi connectivity index (χ0n) is 11.5. The smallest absolute Gasteiger partial charge is 0.239 e. The van der Waals surface area contributed by atoms with E-state index in [1.165, 1.54) is 0 Å². The van der Waals surface area contributed by atoms with E-state index < -0.39 is 6.04 Å². The lowest BCUT2D eigenvalue weighted by molar-refractivity contribution is -0.134. The van der Waals surface area contributed by atoms with Gasteiger partial charge in [-0.3, -0.25) is 9.69 Å². The highest BCUT2D eigenvalue weighted by Gasteiger charge is 2.23. The largest absolute Gasteiger partial charge is 0.339 e. The minimum Gasteiger partial charge on any atom is -0.339 e. The first-order valence-electron chi connectivity index (χ1n) is 6.68. The van der Waals surface area contributed by atoms with E-state index in [0.29, 0.717) is 31.3 Å². The molecule has 0 unspecified atom stereocenters. The van der Waals surface area contributed by atoms with Crippen LogP contribution in [-0.4, -0.2) is 58.1 Å². The molecule has 1 amide bonds. The molecule has 1 aliphatic rings. The molecule has 7 nitrogen and oxygen atoms in total. The number of piperazine rings is 1. The summed E-state index contributed by atoms with van der Waals surface area (Å²) >= 11 is 0. The highest BCUT2D eigenvalue weighted by atomic mass is 16.5. The normalized spacial score (nSPS) is 18.6. The SMILES string of the molecule is CCc1nc(CN2CCN(C(=O)[C@@H](C)N)CC2)no1. The number of aromatic nitrogens is 2. The summed E-state index contributed by atoms with van der Waals surface area (Å²) in [7, 11) is 0. The predicted octanol–water partition coefficient (Wildman–Crippen LogP) is -0.377. The summed E-state index contributed by atoms with van der Waals surface area (Å²) in [6.45, 7) is 7.42. The van der Waals surface area contributed by atoms with Crippen LogP contribution in [-0.2, 0) is 17.8 Å². The fourth-order valence-corrected chi connectivity index (χ4v) is 2.11. The van der Waals surface area contributed by atoms with Crippen LogP contribution in [0.2, 0.25) is 0 Å². The summed E-state index contributed by atoms with van der Waals surface area (Å²) in [5.74, 6) is 1.40. The molecule has 0 spiro atoms. The van der Waals surface area contributed by atoms with Gasteiger partial charge in [0, 0.05) is 32.6 Å². The number of amides is 1. The first-order chi connectivity index (χ1) is 9.10. The average Bonchev–Trinajstić information content (AvgIpc) is 2.86. The fourth-order valence-electron chi connectivity index (χ4n) is 2.11. The molecule has 1 aliphatic heterocycles. The number of carbonyl (C=O) groups is 1. The second-order valence-electron chi connectivity index (χ2n) is 4.85. The van der Waals surface area contributed by atoms with Gasteiger partial charge in [0.15, 0.2) is 5.82 Å². The van der Waals surface area contributed by atoms with Crippen LogP contribution in [0.3, 0.4) is 0 Å². The second kappa shape index (κ2) is 6.12. The number of carbonyl (C=O) groups excluding carboxylic acids is 1. The van der Waals surface area contributed by atoms with Gasteiger partial charge in [0.2, 0.25) is 11.8 Å². The van der Waals surface area contributed by atoms with Crippen LogP contribution in [0.4, 0.5) is 0 Å². The quantitative estimate of drug-likeness (QED) is 0.800. The zero-order valence-corrected chi connectivity index (χ0v) is 11.5. The van der Waals surface area contributed by atoms with Crippen molar-refractivity contribution < 1.29 is 9.32 Å². The number of hydrogen-bond donors (Lipinski definition) is 1. The molecular formula is C12H21N5O2. The molecule has 0 saturated carbocycles. The molecule has 7 heteroatoms. The summed E-state index contributed by atoms with van der Waals surface area (Å²) in [6, 6.07) is -0.420. The van der Waals surface area contributed by atoms with Crippen LogP contribution in [0.5, 0.6) is 0 Å². The minimum atomic E-state index is -0.420. The molecule has 2 N–H and O–H groups in total. The third-order valence-electron chi connectivity index (χ3n) is 3.25. The first-order valence-corrected chi connectivity index (χ1v) is 6.68. The molecule has 1 fully saturated rings. The third-order valence-corrected chi connectivity index (χ3v) is 3.25. The lowest BCUT2D eigenvalue weighted by atomic mass is 10.2. The van der Waals surface area contributed by atoms with Gasteiger partial charge < -0.3 is 15.2 Å². The summed E-state index contributed by atoms with van der Waals surface area (Å²) in [6.07, 6.45) is 0.754. The topological polar surface area (TPSA) is 88.5 Å². The molecule has 2 rings (SSSR count). The highest BCUT2D eigenvalue weighted by Crippen LogP contribution is 2.07. The lowest BCUT2D eigenvalue weighted by Crippen LogP contribution is -2.52. The minimum absolute atomic E-state index is 0.0208. The van der Waals surface area contributed by atoms with Crippen molar-refractivity contribution in [2.75, 3.05) is 26.2 Å². The van der Waals surface area contributed by atoms with Crippen molar-refractivity contribution in [1.29, 1.82) is 0 Å². The molecule has 19 heavy (non-hydrogen) atoms. The molecule has 0 aromatic carbocycles. The number of hydrogen-bond acceptors (Lipinski definition) is 6. The Morgan fingerprint density at radius 3 is 2.63 bits per heavy atom. The Morgan fingerprint density at radius 1 is 1.42 bits per heavy atom. The Hall–Kier alpha value is -1.47. The van der Waals surface area contributed by atoms with Gasteiger partial charge in [-0.1, -0.05) is 12.1 Å². The van der Waals surface area contributed by atoms with E-state index in [9.17, 15) is 4.79 Å². The van der Waals surface area contributed by atoms with Crippen molar-refractivity contribution >= 4 is 5.91 Å². The van der Waals surface area contributed by atoms with E-state index >= 15 is 0 Å². The van der Waals surface area contributed by atoms with E-state index in [1.807, 2.05) is 11.8 Å². The maximum atomic E-state index is 11.7. The van der Waals surface area contributed by atoms with Crippen molar-refractivity contribution in [2.45, 2.75) is 32.9 Å². The van der Waals surface area contributed by atoms with Gasteiger partial charge in [0.1, 0.15) is 0 Å². The lowest BCUT2D eigenvalue weighted by Gasteiger charge is -2.34. The maximum absolute atomic E-state index is 11.7. The Kier molecular flexibility index (Phi) is 4.49. The molecular weight excluding hydrogens is 246 g/mol. The van der Waals surface area contributed by atoms with Crippen LogP contribution in [0.1, 0.15) is 25.6 Å². The number of nitrogens with two attached hydrogens (primary N) is 1. The molecule has 0 aliphatic carbocycles. The molecule has 1 aromatic heterocycles. The maximum Gasteiger partial charge on any atom is 0.239 e. The first kappa shape index (κ1) is 14.0. The van der Waals surface area contributed by atoms with Gasteiger partial charge >= 0.3 is 0 Å². The van der Waals surface area contributed by atoms with Gasteiger partial charge in [-0.05, 0) is 6.92 Å². The van der Waals surface area contributed by atoms with Crippen LogP contribution in [0.15, 0.2) is 4.52 Å². The van der Waals surface area contributed by atoms with E-state index in [-0.39, 0.29) is 5.91 Å². The van der Waals surface area contributed by atoms with Crippen LogP contribution < -0.4 is 5.73 Å². The molecule has 0 radical (unpaired) electrons. The molecule has 1 atom stereocenters. The fraction of sp³-hybridized carbons (Fsp3) is 0.750. The standard InChI is InChI=1S/C12H21N5O2/c1-3-11-14-10(15-19-11)8-16-4-6-17(7-5-16)12(18)9(2)13/h9H,3-8,13H2,1-2H3/t9-/m1/s1. The number of aryl methyl sites for hydroxylation is 1. The van der Waals surface area contributed by atoms with Crippen molar-refractivity contribution in [2.24, 2.45) is 5.73 Å². The van der Waals surface area contributed by atoms with Crippen molar-refractivity contribution in [1.82, 2.24) is 19.9 Å². The molecule has 1 aromatic rings. The summed E-state index contributed by atoms with van der Waals surface area (Å²) < 4.78 is 5.08. The zero-order chi connectivity index (χ0) is 13.8. The molecule has 1 saturated heterocycles. The van der Waals surface area contributed by atoms with Gasteiger partial charge in [0.05, 0.1) is 12.6 Å². The van der Waals surface area contributed by atoms with Crippen molar-refractivity contribution in [3.63, 3.8) is 0 Å². The third kappa shape index (κ3) is 3.51. The van der Waals surface area contributed by atoms with Crippen molar-refractivity contribution in [3.05, 3.63) is 11.7 Å². The molecule has 106 valence electrons. The van der Waals surface area contributed by atoms with E-state index in [4.69, 9.17) is 10.3 Å². The van der Waals surface area contributed by atoms with E-state index in [1.54, 1.807) is 6.92 Å². The van der Waals surface area contributed by atoms with Crippen LogP contribution in [0, 0.1) is 0 Å². The van der Waals surface area contributed by atoms with E-state index in [0.717, 1.165) is 19.5 Å². The van der Waals surface area contributed by atoms with Gasteiger partial charge in [-0.15, -0.1) is 0 Å². The summed E-state index contributed by atoms with van der Waals surface area (Å²) in [5.41, 5.74) is 5.61. The summed E-state index contributed by atoms with van der Waals surface area (Å²) in [5, 5.41) is 3.94. The Balaban J connectivity index is 1.81. The van der Waals surface area contributed by atoms with Gasteiger partial charge in [-0.25, -0.2) is 0 Å². The highest BCUT2D eigenvalue weighted by molar-refractivity contribution is 5.81. The number of nitrogens with zero attached hydrogens (tertiary/aromatic N) is 4. The van der Waals surface area contributed by atoms with E-state index in [2.05, 4.69) is 15.0 Å². The number of rotatable bonds is 4. The predicted molar refractivity (Wildman–Crippen MR) is 69.2 cm³/mol. The average molecular weight is 267 g/mol. The second-order valence-corrected chi connectivity index (χ2v) is 4.85. The van der Waals surface area contributed by atoms with Crippen LogP contribution >= 0.6 is 0 Å². The Morgan fingerprint density at radius 2 is 2.11 bits per heavy atom. The van der Waals surface area contributed by atoms with Crippen molar-refractivity contribution in [3.8, 4) is 0 Å². The molecule has 0 bridgehead atoms. The van der Waals surface area contributed by atoms with Crippen LogP contribution in [0.25, 0.3) is 0 Å². The molecule has 2 heterocycles. The summed E-state index contributed by atoms with van der Waals surface area (Å²) in [4.78, 5) is 20.1. The monoisotopic (exact) mass is 267 g/mol. The Labute approximate surface area is 112 Å². The Bertz CT molecular complexity index is 424. The van der Waals surface area contributed by atoms with Gasteiger partial charge in [0.25, 0.3) is 0 Å².